The molecule has 20 heavy (non-hydrogen) atoms. The average Bonchev–Trinajstić information content (AvgIpc) is 2.85. The SMILES string of the molecule is O=C(O)c1cnc(COc2ccc(C(F)(F)F)cc2)o1. The van der Waals surface area contributed by atoms with Gasteiger partial charge in [-0.25, -0.2) is 9.78 Å². The second kappa shape index (κ2) is 5.24. The molecule has 106 valence electrons. The highest BCUT2D eigenvalue weighted by molar-refractivity contribution is 5.83. The van der Waals surface area contributed by atoms with Crippen molar-refractivity contribution in [1.82, 2.24) is 4.98 Å². The molecule has 0 radical (unpaired) electrons. The van der Waals surface area contributed by atoms with Crippen molar-refractivity contribution in [2.75, 3.05) is 0 Å². The molecule has 0 amide bonds. The van der Waals surface area contributed by atoms with Crippen LogP contribution in [0, 0.1) is 0 Å². The Labute approximate surface area is 110 Å². The summed E-state index contributed by atoms with van der Waals surface area (Å²) in [6.07, 6.45) is -3.38. The van der Waals surface area contributed by atoms with Crippen molar-refractivity contribution in [2.45, 2.75) is 12.8 Å². The van der Waals surface area contributed by atoms with Crippen molar-refractivity contribution in [1.29, 1.82) is 0 Å². The number of alkyl halides is 3. The van der Waals surface area contributed by atoms with Crippen molar-refractivity contribution >= 4 is 5.97 Å². The van der Waals surface area contributed by atoms with E-state index in [0.29, 0.717) is 0 Å². The van der Waals surface area contributed by atoms with E-state index in [1.807, 2.05) is 0 Å². The standard InChI is InChI=1S/C12H8F3NO4/c13-12(14,15)7-1-3-8(4-2-7)19-6-10-16-5-9(20-10)11(17)18/h1-5H,6H2,(H,17,18). The van der Waals surface area contributed by atoms with Gasteiger partial charge in [-0.1, -0.05) is 0 Å². The molecule has 0 unspecified atom stereocenters. The Kier molecular flexibility index (Phi) is 3.64. The molecule has 8 heteroatoms. The Morgan fingerprint density at radius 1 is 1.30 bits per heavy atom. The largest absolute Gasteiger partial charge is 0.484 e. The van der Waals surface area contributed by atoms with Gasteiger partial charge in [0.15, 0.2) is 6.61 Å². The quantitative estimate of drug-likeness (QED) is 0.935. The van der Waals surface area contributed by atoms with Gasteiger partial charge in [-0.15, -0.1) is 0 Å². The molecule has 0 saturated heterocycles. The molecule has 0 atom stereocenters. The van der Waals surface area contributed by atoms with Crippen LogP contribution in [0.5, 0.6) is 5.75 Å². The monoisotopic (exact) mass is 287 g/mol. The van der Waals surface area contributed by atoms with E-state index in [9.17, 15) is 18.0 Å². The third-order valence-electron chi connectivity index (χ3n) is 2.31. The summed E-state index contributed by atoms with van der Waals surface area (Å²) in [7, 11) is 0. The van der Waals surface area contributed by atoms with E-state index in [2.05, 4.69) is 4.98 Å². The van der Waals surface area contributed by atoms with Gasteiger partial charge in [0.25, 0.3) is 0 Å². The topological polar surface area (TPSA) is 72.6 Å². The Morgan fingerprint density at radius 3 is 2.45 bits per heavy atom. The van der Waals surface area contributed by atoms with Crippen LogP contribution in [0.15, 0.2) is 34.9 Å². The average molecular weight is 287 g/mol. The van der Waals surface area contributed by atoms with Gasteiger partial charge >= 0.3 is 12.1 Å². The predicted octanol–water partition coefficient (Wildman–Crippen LogP) is 2.97. The first kappa shape index (κ1) is 13.9. The fourth-order valence-corrected chi connectivity index (χ4v) is 1.36. The van der Waals surface area contributed by atoms with Gasteiger partial charge in [0.2, 0.25) is 11.7 Å². The fraction of sp³-hybridized carbons (Fsp3) is 0.167. The molecular formula is C12H8F3NO4. The molecule has 5 nitrogen and oxygen atoms in total. The summed E-state index contributed by atoms with van der Waals surface area (Å²) in [5.74, 6) is -1.40. The second-order valence-corrected chi connectivity index (χ2v) is 3.73. The molecule has 0 aliphatic rings. The van der Waals surface area contributed by atoms with Crippen LogP contribution in [0.1, 0.15) is 22.0 Å². The lowest BCUT2D eigenvalue weighted by Gasteiger charge is -2.08. The molecule has 1 aromatic carbocycles. The molecule has 2 aromatic rings. The van der Waals surface area contributed by atoms with Crippen molar-refractivity contribution in [3.8, 4) is 5.75 Å². The molecule has 0 aliphatic heterocycles. The van der Waals surface area contributed by atoms with Gasteiger partial charge in [-0.05, 0) is 24.3 Å². The third kappa shape index (κ3) is 3.28. The van der Waals surface area contributed by atoms with Crippen molar-refractivity contribution in [3.63, 3.8) is 0 Å². The van der Waals surface area contributed by atoms with Crippen molar-refractivity contribution in [3.05, 3.63) is 47.7 Å². The highest BCUT2D eigenvalue weighted by Gasteiger charge is 2.30. The first-order chi connectivity index (χ1) is 9.36. The number of benzene rings is 1. The van der Waals surface area contributed by atoms with Gasteiger partial charge < -0.3 is 14.3 Å². The summed E-state index contributed by atoms with van der Waals surface area (Å²) in [6.45, 7) is -0.182. The van der Waals surface area contributed by atoms with Crippen molar-refractivity contribution in [2.24, 2.45) is 0 Å². The maximum Gasteiger partial charge on any atom is 0.416 e. The van der Waals surface area contributed by atoms with Gasteiger partial charge in [-0.2, -0.15) is 13.2 Å². The molecule has 1 heterocycles. The van der Waals surface area contributed by atoms with E-state index >= 15 is 0 Å². The minimum Gasteiger partial charge on any atom is -0.484 e. The lowest BCUT2D eigenvalue weighted by molar-refractivity contribution is -0.137. The maximum absolute atomic E-state index is 12.3. The van der Waals surface area contributed by atoms with E-state index in [0.717, 1.165) is 30.5 Å². The normalized spacial score (nSPS) is 11.3. The summed E-state index contributed by atoms with van der Waals surface area (Å²) in [4.78, 5) is 14.2. The Morgan fingerprint density at radius 2 is 1.95 bits per heavy atom. The number of hydrogen-bond acceptors (Lipinski definition) is 4. The van der Waals surface area contributed by atoms with E-state index in [-0.39, 0.29) is 24.0 Å². The molecule has 1 aromatic heterocycles. The minimum atomic E-state index is -4.41. The van der Waals surface area contributed by atoms with Crippen LogP contribution < -0.4 is 4.74 Å². The smallest absolute Gasteiger partial charge is 0.416 e. The number of carboxylic acids is 1. The lowest BCUT2D eigenvalue weighted by atomic mass is 10.2. The molecule has 0 fully saturated rings. The van der Waals surface area contributed by atoms with Crippen LogP contribution in [-0.4, -0.2) is 16.1 Å². The molecular weight excluding hydrogens is 279 g/mol. The van der Waals surface area contributed by atoms with Crippen LogP contribution in [0.25, 0.3) is 0 Å². The summed E-state index contributed by atoms with van der Waals surface area (Å²) >= 11 is 0. The predicted molar refractivity (Wildman–Crippen MR) is 59.2 cm³/mol. The van der Waals surface area contributed by atoms with Gasteiger partial charge in [0.1, 0.15) is 5.75 Å². The van der Waals surface area contributed by atoms with Crippen molar-refractivity contribution < 1.29 is 32.2 Å². The Hall–Kier alpha value is -2.51. The summed E-state index contributed by atoms with van der Waals surface area (Å²) < 4.78 is 46.9. The number of oxazole rings is 1. The molecule has 0 aliphatic carbocycles. The zero-order chi connectivity index (χ0) is 14.8. The number of carbonyl (C=O) groups is 1. The van der Waals surface area contributed by atoms with Crippen LogP contribution in [0.3, 0.4) is 0 Å². The zero-order valence-corrected chi connectivity index (χ0v) is 9.85. The number of aromatic nitrogens is 1. The molecule has 1 N–H and O–H groups in total. The fourth-order valence-electron chi connectivity index (χ4n) is 1.36. The van der Waals surface area contributed by atoms with Crippen LogP contribution in [0.2, 0.25) is 0 Å². The first-order valence-corrected chi connectivity index (χ1v) is 5.34. The van der Waals surface area contributed by atoms with Gasteiger partial charge in [0, 0.05) is 0 Å². The van der Waals surface area contributed by atoms with E-state index < -0.39 is 17.7 Å². The molecule has 0 spiro atoms. The van der Waals surface area contributed by atoms with Crippen LogP contribution in [-0.2, 0) is 12.8 Å². The van der Waals surface area contributed by atoms with Gasteiger partial charge in [-0.3, -0.25) is 0 Å². The highest BCUT2D eigenvalue weighted by Crippen LogP contribution is 2.30. The lowest BCUT2D eigenvalue weighted by Crippen LogP contribution is -2.04. The second-order valence-electron chi connectivity index (χ2n) is 3.73. The van der Waals surface area contributed by atoms with Gasteiger partial charge in [0.05, 0.1) is 11.8 Å². The van der Waals surface area contributed by atoms with E-state index in [4.69, 9.17) is 14.3 Å². The zero-order valence-electron chi connectivity index (χ0n) is 9.85. The first-order valence-electron chi connectivity index (χ1n) is 5.34. The molecule has 0 bridgehead atoms. The summed E-state index contributed by atoms with van der Waals surface area (Å²) in [5.41, 5.74) is -0.783. The summed E-state index contributed by atoms with van der Waals surface area (Å²) in [6, 6.07) is 4.08. The Bertz CT molecular complexity index is 604. The van der Waals surface area contributed by atoms with Crippen LogP contribution >= 0.6 is 0 Å². The third-order valence-corrected chi connectivity index (χ3v) is 2.31. The molecule has 0 saturated carbocycles. The number of halogens is 3. The number of nitrogens with zero attached hydrogens (tertiary/aromatic N) is 1. The Balaban J connectivity index is 1.98. The highest BCUT2D eigenvalue weighted by atomic mass is 19.4. The number of ether oxygens (including phenoxy) is 1. The number of carboxylic acid groups (broad SMARTS) is 1. The summed E-state index contributed by atoms with van der Waals surface area (Å²) in [5, 5.41) is 8.61. The number of rotatable bonds is 4. The number of aromatic carboxylic acids is 1. The van der Waals surface area contributed by atoms with E-state index in [1.54, 1.807) is 0 Å². The molecule has 2 rings (SSSR count). The van der Waals surface area contributed by atoms with Crippen LogP contribution in [0.4, 0.5) is 13.2 Å². The van der Waals surface area contributed by atoms with E-state index in [1.165, 1.54) is 0 Å². The maximum atomic E-state index is 12.3. The minimum absolute atomic E-state index is 0.0160. The number of hydrogen-bond donors (Lipinski definition) is 1.